The van der Waals surface area contributed by atoms with Gasteiger partial charge in [-0.3, -0.25) is 14.9 Å². The lowest BCUT2D eigenvalue weighted by Crippen LogP contribution is -2.30. The van der Waals surface area contributed by atoms with Crippen LogP contribution in [0.3, 0.4) is 0 Å². The zero-order valence-electron chi connectivity index (χ0n) is 14.3. The number of nitrogens with one attached hydrogen (secondary N) is 1. The molecule has 0 bridgehead atoms. The second-order valence-electron chi connectivity index (χ2n) is 6.17. The number of ether oxygens (including phenoxy) is 1. The molecule has 0 fully saturated rings. The van der Waals surface area contributed by atoms with Gasteiger partial charge in [0.2, 0.25) is 0 Å². The van der Waals surface area contributed by atoms with Crippen LogP contribution in [-0.2, 0) is 0 Å². The minimum atomic E-state index is -0.500. The number of benzene rings is 2. The van der Waals surface area contributed by atoms with E-state index >= 15 is 0 Å². The van der Waals surface area contributed by atoms with E-state index in [1.165, 1.54) is 23.9 Å². The Labute approximate surface area is 160 Å². The van der Waals surface area contributed by atoms with E-state index in [0.717, 1.165) is 34.8 Å². The standard InChI is InChI=1S/C20H16N2O4S/c23-19-17-12-14(22(24)25)8-11-18(17)27-20(21-19)13-6-9-16(10-7-13)26-15-4-2-1-3-5-15/h2,4-12,20H,1,3H2,(H,21,23). The van der Waals surface area contributed by atoms with Crippen LogP contribution in [0.5, 0.6) is 5.75 Å². The monoisotopic (exact) mass is 380 g/mol. The zero-order valence-corrected chi connectivity index (χ0v) is 15.1. The van der Waals surface area contributed by atoms with Crippen molar-refractivity contribution in [1.29, 1.82) is 0 Å². The van der Waals surface area contributed by atoms with Gasteiger partial charge in [0.05, 0.1) is 10.5 Å². The first-order valence-corrected chi connectivity index (χ1v) is 9.38. The van der Waals surface area contributed by atoms with E-state index in [4.69, 9.17) is 4.74 Å². The van der Waals surface area contributed by atoms with Crippen molar-refractivity contribution in [2.75, 3.05) is 0 Å². The molecule has 4 rings (SSSR count). The Morgan fingerprint density at radius 3 is 2.67 bits per heavy atom. The number of carbonyl (C=O) groups excluding carboxylic acids is 1. The van der Waals surface area contributed by atoms with E-state index in [0.29, 0.717) is 5.56 Å². The molecule has 1 aliphatic carbocycles. The molecule has 1 atom stereocenters. The second kappa shape index (κ2) is 7.28. The third kappa shape index (κ3) is 3.73. The van der Waals surface area contributed by atoms with Crippen molar-refractivity contribution in [2.45, 2.75) is 23.1 Å². The topological polar surface area (TPSA) is 81.5 Å². The highest BCUT2D eigenvalue weighted by Gasteiger charge is 2.27. The van der Waals surface area contributed by atoms with Gasteiger partial charge in [-0.2, -0.15) is 0 Å². The number of hydrogen-bond donors (Lipinski definition) is 1. The molecule has 1 amide bonds. The molecule has 7 heteroatoms. The fraction of sp³-hybridized carbons (Fsp3) is 0.150. The summed E-state index contributed by atoms with van der Waals surface area (Å²) in [5.74, 6) is 1.26. The van der Waals surface area contributed by atoms with Gasteiger partial charge in [-0.1, -0.05) is 30.0 Å². The van der Waals surface area contributed by atoms with E-state index in [1.807, 2.05) is 30.3 Å². The Morgan fingerprint density at radius 1 is 1.15 bits per heavy atom. The Morgan fingerprint density at radius 2 is 1.96 bits per heavy atom. The van der Waals surface area contributed by atoms with Gasteiger partial charge in [0.1, 0.15) is 16.9 Å². The van der Waals surface area contributed by atoms with E-state index in [-0.39, 0.29) is 17.0 Å². The predicted molar refractivity (Wildman–Crippen MR) is 103 cm³/mol. The maximum Gasteiger partial charge on any atom is 0.270 e. The quantitative estimate of drug-likeness (QED) is 0.612. The van der Waals surface area contributed by atoms with Crippen LogP contribution in [0.1, 0.15) is 34.1 Å². The lowest BCUT2D eigenvalue weighted by molar-refractivity contribution is -0.384. The number of rotatable bonds is 4. The first-order chi connectivity index (χ1) is 13.1. The smallest absolute Gasteiger partial charge is 0.270 e. The van der Waals surface area contributed by atoms with Gasteiger partial charge in [0.25, 0.3) is 11.6 Å². The third-order valence-corrected chi connectivity index (χ3v) is 5.54. The van der Waals surface area contributed by atoms with Crippen LogP contribution in [0, 0.1) is 10.1 Å². The number of nitro benzene ring substituents is 1. The SMILES string of the molecule is O=C1NC(c2ccc(OC3=CCCC=C3)cc2)Sc2ccc([N+](=O)[O-])cc21. The van der Waals surface area contributed by atoms with Gasteiger partial charge >= 0.3 is 0 Å². The average molecular weight is 380 g/mol. The minimum Gasteiger partial charge on any atom is -0.458 e. The van der Waals surface area contributed by atoms with Crippen LogP contribution in [0.25, 0.3) is 0 Å². The summed E-state index contributed by atoms with van der Waals surface area (Å²) in [4.78, 5) is 23.5. The van der Waals surface area contributed by atoms with Gasteiger partial charge in [0.15, 0.2) is 0 Å². The zero-order chi connectivity index (χ0) is 18.8. The Bertz CT molecular complexity index is 966. The maximum absolute atomic E-state index is 12.4. The second-order valence-corrected chi connectivity index (χ2v) is 7.31. The summed E-state index contributed by atoms with van der Waals surface area (Å²) in [6, 6.07) is 11.9. The van der Waals surface area contributed by atoms with Crippen LogP contribution in [-0.4, -0.2) is 10.8 Å². The molecule has 136 valence electrons. The average Bonchev–Trinajstić information content (AvgIpc) is 2.69. The number of amides is 1. The van der Waals surface area contributed by atoms with Gasteiger partial charge < -0.3 is 10.1 Å². The molecule has 6 nitrogen and oxygen atoms in total. The minimum absolute atomic E-state index is 0.0875. The van der Waals surface area contributed by atoms with Crippen molar-refractivity contribution < 1.29 is 14.5 Å². The van der Waals surface area contributed by atoms with Crippen molar-refractivity contribution in [3.05, 3.63) is 87.7 Å². The van der Waals surface area contributed by atoms with Crippen molar-refractivity contribution >= 4 is 23.4 Å². The molecule has 0 aromatic heterocycles. The fourth-order valence-corrected chi connectivity index (χ4v) is 4.07. The predicted octanol–water partition coefficient (Wildman–Crippen LogP) is 4.74. The van der Waals surface area contributed by atoms with Gasteiger partial charge in [-0.15, -0.1) is 0 Å². The molecule has 0 radical (unpaired) electrons. The molecule has 1 aliphatic heterocycles. The summed E-state index contributed by atoms with van der Waals surface area (Å²) < 4.78 is 5.83. The number of nitro groups is 1. The van der Waals surface area contributed by atoms with Crippen molar-refractivity contribution in [3.63, 3.8) is 0 Å². The summed E-state index contributed by atoms with van der Waals surface area (Å²) in [5, 5.41) is 13.5. The number of fused-ring (bicyclic) bond motifs is 1. The van der Waals surface area contributed by atoms with E-state index in [2.05, 4.69) is 17.5 Å². The first-order valence-electron chi connectivity index (χ1n) is 8.50. The third-order valence-electron chi connectivity index (χ3n) is 4.31. The number of carbonyl (C=O) groups is 1. The molecular weight excluding hydrogens is 364 g/mol. The van der Waals surface area contributed by atoms with Crippen molar-refractivity contribution in [3.8, 4) is 5.75 Å². The van der Waals surface area contributed by atoms with Crippen LogP contribution in [0.2, 0.25) is 0 Å². The molecule has 0 saturated heterocycles. The van der Waals surface area contributed by atoms with Crippen LogP contribution >= 0.6 is 11.8 Å². The highest BCUT2D eigenvalue weighted by molar-refractivity contribution is 7.99. The van der Waals surface area contributed by atoms with Crippen molar-refractivity contribution in [1.82, 2.24) is 5.32 Å². The van der Waals surface area contributed by atoms with Crippen LogP contribution in [0.15, 0.2) is 71.3 Å². The van der Waals surface area contributed by atoms with Crippen LogP contribution in [0.4, 0.5) is 5.69 Å². The van der Waals surface area contributed by atoms with Crippen molar-refractivity contribution in [2.24, 2.45) is 0 Å². The highest BCUT2D eigenvalue weighted by atomic mass is 32.2. The van der Waals surface area contributed by atoms with E-state index in [9.17, 15) is 14.9 Å². The molecule has 2 aromatic carbocycles. The summed E-state index contributed by atoms with van der Waals surface area (Å²) in [7, 11) is 0. The molecule has 2 aromatic rings. The normalized spacial score (nSPS) is 18.3. The summed E-state index contributed by atoms with van der Waals surface area (Å²) in [5.41, 5.74) is 1.18. The molecule has 1 N–H and O–H groups in total. The maximum atomic E-state index is 12.4. The molecular formula is C20H16N2O4S. The number of thioether (sulfide) groups is 1. The molecule has 1 heterocycles. The molecule has 27 heavy (non-hydrogen) atoms. The Balaban J connectivity index is 1.51. The Hall–Kier alpha value is -3.06. The van der Waals surface area contributed by atoms with E-state index < -0.39 is 4.92 Å². The Kier molecular flexibility index (Phi) is 4.68. The first kappa shape index (κ1) is 17.4. The number of hydrogen-bond acceptors (Lipinski definition) is 5. The molecule has 0 saturated carbocycles. The lowest BCUT2D eigenvalue weighted by Gasteiger charge is -2.25. The van der Waals surface area contributed by atoms with E-state index in [1.54, 1.807) is 6.07 Å². The molecule has 2 aliphatic rings. The number of non-ortho nitro benzene ring substituents is 1. The number of allylic oxidation sites excluding steroid dienone is 3. The van der Waals surface area contributed by atoms with Gasteiger partial charge in [-0.25, -0.2) is 0 Å². The lowest BCUT2D eigenvalue weighted by atomic mass is 10.1. The fourth-order valence-electron chi connectivity index (χ4n) is 2.93. The largest absolute Gasteiger partial charge is 0.458 e. The van der Waals surface area contributed by atoms with Gasteiger partial charge in [-0.05, 0) is 48.8 Å². The highest BCUT2D eigenvalue weighted by Crippen LogP contribution is 2.40. The molecule has 0 spiro atoms. The summed E-state index contributed by atoms with van der Waals surface area (Å²) in [6.07, 6.45) is 8.12. The number of nitrogens with zero attached hydrogens (tertiary/aromatic N) is 1. The van der Waals surface area contributed by atoms with Crippen LogP contribution < -0.4 is 10.1 Å². The molecule has 1 unspecified atom stereocenters. The summed E-state index contributed by atoms with van der Waals surface area (Å²) >= 11 is 1.46. The van der Waals surface area contributed by atoms with Gasteiger partial charge in [0, 0.05) is 17.0 Å². The summed E-state index contributed by atoms with van der Waals surface area (Å²) in [6.45, 7) is 0.